The van der Waals surface area contributed by atoms with Gasteiger partial charge in [-0.3, -0.25) is 0 Å². The fourth-order valence-electron chi connectivity index (χ4n) is 2.90. The SMILES string of the molecule is CCC(O)c1ccc(N(C)C2CCCCC2O)cc1. The second-order valence-electron chi connectivity index (χ2n) is 5.55. The molecule has 2 rings (SSSR count). The van der Waals surface area contributed by atoms with Crippen LogP contribution in [-0.4, -0.2) is 29.4 Å². The van der Waals surface area contributed by atoms with Gasteiger partial charge >= 0.3 is 0 Å². The molecule has 3 unspecified atom stereocenters. The summed E-state index contributed by atoms with van der Waals surface area (Å²) in [6, 6.07) is 8.26. The van der Waals surface area contributed by atoms with E-state index < -0.39 is 0 Å². The van der Waals surface area contributed by atoms with E-state index in [1.165, 1.54) is 6.42 Å². The zero-order valence-corrected chi connectivity index (χ0v) is 11.9. The zero-order valence-electron chi connectivity index (χ0n) is 11.9. The largest absolute Gasteiger partial charge is 0.391 e. The highest BCUT2D eigenvalue weighted by atomic mass is 16.3. The molecule has 0 bridgehead atoms. The lowest BCUT2D eigenvalue weighted by Crippen LogP contribution is -2.43. The summed E-state index contributed by atoms with van der Waals surface area (Å²) < 4.78 is 0. The number of rotatable bonds is 4. The summed E-state index contributed by atoms with van der Waals surface area (Å²) in [4.78, 5) is 2.17. The van der Waals surface area contributed by atoms with Gasteiger partial charge in [0.2, 0.25) is 0 Å². The summed E-state index contributed by atoms with van der Waals surface area (Å²) in [5, 5.41) is 19.9. The standard InChI is InChI=1S/C16H25NO2/c1-3-15(18)12-8-10-13(11-9-12)17(2)14-6-4-5-7-16(14)19/h8-11,14-16,18-19H,3-7H2,1-2H3. The van der Waals surface area contributed by atoms with Crippen LogP contribution in [0.4, 0.5) is 5.69 Å². The van der Waals surface area contributed by atoms with Gasteiger partial charge < -0.3 is 15.1 Å². The third-order valence-electron chi connectivity index (χ3n) is 4.26. The molecule has 1 aromatic rings. The van der Waals surface area contributed by atoms with Gasteiger partial charge in [-0.15, -0.1) is 0 Å². The van der Waals surface area contributed by atoms with Crippen molar-refractivity contribution in [2.24, 2.45) is 0 Å². The monoisotopic (exact) mass is 263 g/mol. The van der Waals surface area contributed by atoms with E-state index in [0.29, 0.717) is 0 Å². The van der Waals surface area contributed by atoms with Crippen molar-refractivity contribution < 1.29 is 10.2 Å². The van der Waals surface area contributed by atoms with Gasteiger partial charge in [0.25, 0.3) is 0 Å². The molecule has 0 heterocycles. The number of aliphatic hydroxyl groups excluding tert-OH is 2. The van der Waals surface area contributed by atoms with Gasteiger partial charge in [-0.2, -0.15) is 0 Å². The molecule has 2 N–H and O–H groups in total. The molecule has 1 aliphatic carbocycles. The molecule has 0 aromatic heterocycles. The Morgan fingerprint density at radius 2 is 1.84 bits per heavy atom. The number of nitrogens with zero attached hydrogens (tertiary/aromatic N) is 1. The predicted octanol–water partition coefficient (Wildman–Crippen LogP) is 2.87. The van der Waals surface area contributed by atoms with Crippen molar-refractivity contribution in [1.82, 2.24) is 0 Å². The van der Waals surface area contributed by atoms with Crippen LogP contribution in [0.3, 0.4) is 0 Å². The van der Waals surface area contributed by atoms with Crippen molar-refractivity contribution >= 4 is 5.69 Å². The maximum Gasteiger partial charge on any atom is 0.0787 e. The summed E-state index contributed by atoms with van der Waals surface area (Å²) in [6.07, 6.45) is 4.42. The topological polar surface area (TPSA) is 43.7 Å². The Labute approximate surface area is 115 Å². The molecule has 0 spiro atoms. The molecule has 0 aliphatic heterocycles. The number of benzene rings is 1. The maximum atomic E-state index is 10.1. The molecule has 3 atom stereocenters. The second kappa shape index (κ2) is 6.40. The Balaban J connectivity index is 2.08. The van der Waals surface area contributed by atoms with Gasteiger partial charge in [-0.25, -0.2) is 0 Å². The van der Waals surface area contributed by atoms with Gasteiger partial charge in [-0.05, 0) is 37.0 Å². The number of hydrogen-bond donors (Lipinski definition) is 2. The fourth-order valence-corrected chi connectivity index (χ4v) is 2.90. The molecule has 3 heteroatoms. The first-order valence-corrected chi connectivity index (χ1v) is 7.32. The van der Waals surface area contributed by atoms with E-state index in [-0.39, 0.29) is 18.2 Å². The lowest BCUT2D eigenvalue weighted by molar-refractivity contribution is 0.106. The van der Waals surface area contributed by atoms with Crippen LogP contribution in [-0.2, 0) is 0 Å². The normalized spacial score (nSPS) is 25.1. The highest BCUT2D eigenvalue weighted by Crippen LogP contribution is 2.27. The first-order chi connectivity index (χ1) is 9.13. The van der Waals surface area contributed by atoms with Crippen molar-refractivity contribution in [3.8, 4) is 0 Å². The lowest BCUT2D eigenvalue weighted by Gasteiger charge is -2.36. The quantitative estimate of drug-likeness (QED) is 0.878. The molecule has 106 valence electrons. The third-order valence-corrected chi connectivity index (χ3v) is 4.26. The van der Waals surface area contributed by atoms with Crippen LogP contribution in [0, 0.1) is 0 Å². The molecule has 19 heavy (non-hydrogen) atoms. The van der Waals surface area contributed by atoms with Crippen molar-refractivity contribution in [2.45, 2.75) is 57.3 Å². The molecule has 1 aliphatic rings. The van der Waals surface area contributed by atoms with Crippen LogP contribution < -0.4 is 4.90 Å². The minimum absolute atomic E-state index is 0.218. The molecule has 1 aromatic carbocycles. The first kappa shape index (κ1) is 14.4. The lowest BCUT2D eigenvalue weighted by atomic mass is 9.91. The van der Waals surface area contributed by atoms with Crippen molar-refractivity contribution in [3.05, 3.63) is 29.8 Å². The number of aliphatic hydroxyl groups is 2. The van der Waals surface area contributed by atoms with E-state index in [2.05, 4.69) is 4.90 Å². The Hall–Kier alpha value is -1.06. The average Bonchev–Trinajstić information content (AvgIpc) is 2.46. The van der Waals surface area contributed by atoms with Gasteiger partial charge in [0.05, 0.1) is 18.2 Å². The van der Waals surface area contributed by atoms with Crippen LogP contribution in [0.5, 0.6) is 0 Å². The number of hydrogen-bond acceptors (Lipinski definition) is 3. The minimum atomic E-state index is -0.375. The van der Waals surface area contributed by atoms with E-state index >= 15 is 0 Å². The highest BCUT2D eigenvalue weighted by Gasteiger charge is 2.26. The molecule has 1 fully saturated rings. The van der Waals surface area contributed by atoms with Crippen molar-refractivity contribution in [1.29, 1.82) is 0 Å². The van der Waals surface area contributed by atoms with E-state index in [0.717, 1.165) is 36.9 Å². The molecular weight excluding hydrogens is 238 g/mol. The van der Waals surface area contributed by atoms with Crippen LogP contribution in [0.15, 0.2) is 24.3 Å². The predicted molar refractivity (Wildman–Crippen MR) is 78.4 cm³/mol. The summed E-state index contributed by atoms with van der Waals surface area (Å²) in [6.45, 7) is 1.98. The van der Waals surface area contributed by atoms with Crippen molar-refractivity contribution in [2.75, 3.05) is 11.9 Å². The van der Waals surface area contributed by atoms with Gasteiger partial charge in [0.1, 0.15) is 0 Å². The average molecular weight is 263 g/mol. The summed E-state index contributed by atoms with van der Waals surface area (Å²) in [5.41, 5.74) is 2.07. The van der Waals surface area contributed by atoms with Crippen LogP contribution in [0.1, 0.15) is 50.7 Å². The molecule has 0 radical (unpaired) electrons. The zero-order chi connectivity index (χ0) is 13.8. The Morgan fingerprint density at radius 1 is 1.21 bits per heavy atom. The van der Waals surface area contributed by atoms with Gasteiger partial charge in [0.15, 0.2) is 0 Å². The Kier molecular flexibility index (Phi) is 4.83. The number of likely N-dealkylation sites (N-methyl/N-ethyl adjacent to an activating group) is 1. The number of anilines is 1. The summed E-state index contributed by atoms with van der Waals surface area (Å²) in [7, 11) is 2.05. The maximum absolute atomic E-state index is 10.1. The highest BCUT2D eigenvalue weighted by molar-refractivity contribution is 5.48. The second-order valence-corrected chi connectivity index (χ2v) is 5.55. The van der Waals surface area contributed by atoms with Gasteiger partial charge in [0, 0.05) is 12.7 Å². The third kappa shape index (κ3) is 3.28. The minimum Gasteiger partial charge on any atom is -0.391 e. The van der Waals surface area contributed by atoms with Crippen LogP contribution in [0.2, 0.25) is 0 Å². The molecular formula is C16H25NO2. The molecule has 0 amide bonds. The van der Waals surface area contributed by atoms with E-state index in [1.54, 1.807) is 0 Å². The molecule has 3 nitrogen and oxygen atoms in total. The van der Waals surface area contributed by atoms with E-state index in [9.17, 15) is 10.2 Å². The molecule has 1 saturated carbocycles. The van der Waals surface area contributed by atoms with Crippen LogP contribution in [0.25, 0.3) is 0 Å². The summed E-state index contributed by atoms with van der Waals surface area (Å²) >= 11 is 0. The van der Waals surface area contributed by atoms with Crippen LogP contribution >= 0.6 is 0 Å². The van der Waals surface area contributed by atoms with Crippen molar-refractivity contribution in [3.63, 3.8) is 0 Å². The first-order valence-electron chi connectivity index (χ1n) is 7.32. The fraction of sp³-hybridized carbons (Fsp3) is 0.625. The van der Waals surface area contributed by atoms with Gasteiger partial charge in [-0.1, -0.05) is 31.9 Å². The summed E-state index contributed by atoms with van der Waals surface area (Å²) in [5.74, 6) is 0. The Bertz CT molecular complexity index is 390. The molecule has 0 saturated heterocycles. The smallest absolute Gasteiger partial charge is 0.0787 e. The van der Waals surface area contributed by atoms with E-state index in [1.807, 2.05) is 38.2 Å². The van der Waals surface area contributed by atoms with E-state index in [4.69, 9.17) is 0 Å². The Morgan fingerprint density at radius 3 is 2.42 bits per heavy atom.